The van der Waals surface area contributed by atoms with Gasteiger partial charge in [-0.3, -0.25) is 4.79 Å². The lowest BCUT2D eigenvalue weighted by Crippen LogP contribution is -2.38. The highest BCUT2D eigenvalue weighted by Gasteiger charge is 2.31. The summed E-state index contributed by atoms with van der Waals surface area (Å²) < 4.78 is 29.3. The van der Waals surface area contributed by atoms with E-state index >= 15 is 0 Å². The summed E-state index contributed by atoms with van der Waals surface area (Å²) in [7, 11) is 0. The quantitative estimate of drug-likeness (QED) is 0.294. The number of carbonyl (C=O) groups is 6. The van der Waals surface area contributed by atoms with Crippen molar-refractivity contribution in [3.8, 4) is 0 Å². The van der Waals surface area contributed by atoms with E-state index in [1.54, 1.807) is 24.3 Å². The van der Waals surface area contributed by atoms with Crippen LogP contribution in [-0.4, -0.2) is 66.3 Å². The molecule has 0 bridgehead atoms. The van der Waals surface area contributed by atoms with Crippen molar-refractivity contribution in [1.29, 1.82) is 0 Å². The zero-order valence-electron chi connectivity index (χ0n) is 20.9. The van der Waals surface area contributed by atoms with Crippen molar-refractivity contribution < 1.29 is 57.2 Å². The van der Waals surface area contributed by atoms with Gasteiger partial charge >= 0.3 is 35.8 Å². The minimum absolute atomic E-state index is 0.00855. The van der Waals surface area contributed by atoms with Gasteiger partial charge in [-0.25, -0.2) is 24.0 Å². The monoisotopic (exact) mass is 510 g/mol. The normalized spacial score (nSPS) is 14.6. The molecule has 1 rings (SSSR count). The Morgan fingerprint density at radius 2 is 0.889 bits per heavy atom. The highest BCUT2D eigenvalue weighted by Crippen LogP contribution is 2.08. The van der Waals surface area contributed by atoms with Gasteiger partial charge in [-0.2, -0.15) is 0 Å². The van der Waals surface area contributed by atoms with Gasteiger partial charge in [-0.15, -0.1) is 0 Å². The van der Waals surface area contributed by atoms with Crippen LogP contribution in [0, 0.1) is 0 Å². The summed E-state index contributed by atoms with van der Waals surface area (Å²) in [5.74, 6) is -5.67. The first kappa shape index (κ1) is 30.1. The molecule has 0 aliphatic rings. The van der Waals surface area contributed by atoms with Crippen molar-refractivity contribution in [3.63, 3.8) is 0 Å². The zero-order chi connectivity index (χ0) is 27.4. The first-order valence-electron chi connectivity index (χ1n) is 11.0. The topological polar surface area (TPSA) is 158 Å². The first-order chi connectivity index (χ1) is 16.8. The minimum Gasteiger partial charge on any atom is -0.458 e. The third-order valence-electron chi connectivity index (χ3n) is 4.40. The number of rotatable bonds is 12. The molecule has 1 aromatic rings. The van der Waals surface area contributed by atoms with Crippen LogP contribution in [0.15, 0.2) is 30.3 Å². The molecule has 0 amide bonds. The summed E-state index contributed by atoms with van der Waals surface area (Å²) in [4.78, 5) is 71.2. The van der Waals surface area contributed by atoms with E-state index in [0.29, 0.717) is 0 Å². The third kappa shape index (κ3) is 10.5. The number of hydrogen-bond acceptors (Lipinski definition) is 12. The maximum atomic E-state index is 12.2. The van der Waals surface area contributed by atoms with Crippen LogP contribution in [0.25, 0.3) is 0 Å². The Kier molecular flexibility index (Phi) is 12.1. The maximum absolute atomic E-state index is 12.2. The summed E-state index contributed by atoms with van der Waals surface area (Å²) in [5.41, 5.74) is 0.748. The van der Waals surface area contributed by atoms with Gasteiger partial charge in [0, 0.05) is 6.92 Å². The van der Waals surface area contributed by atoms with Crippen LogP contribution in [0.1, 0.15) is 47.1 Å². The van der Waals surface area contributed by atoms with Gasteiger partial charge in [0.25, 0.3) is 0 Å². The van der Waals surface area contributed by atoms with Crippen LogP contribution in [0.5, 0.6) is 0 Å². The number of esters is 6. The molecule has 5 atom stereocenters. The number of ether oxygens (including phenoxy) is 6. The van der Waals surface area contributed by atoms with Crippen molar-refractivity contribution in [3.05, 3.63) is 35.9 Å². The lowest BCUT2D eigenvalue weighted by molar-refractivity contribution is -0.186. The predicted molar refractivity (Wildman–Crippen MR) is 120 cm³/mol. The first-order valence-corrected chi connectivity index (χ1v) is 11.0. The van der Waals surface area contributed by atoms with Crippen molar-refractivity contribution in [2.45, 2.75) is 78.7 Å². The number of benzene rings is 1. The molecular weight excluding hydrogens is 480 g/mol. The highest BCUT2D eigenvalue weighted by atomic mass is 16.6. The molecule has 0 aromatic heterocycles. The van der Waals surface area contributed by atoms with E-state index in [9.17, 15) is 28.8 Å². The summed E-state index contributed by atoms with van der Waals surface area (Å²) in [6, 6.07) is 8.88. The van der Waals surface area contributed by atoms with E-state index in [0.717, 1.165) is 12.5 Å². The fraction of sp³-hybridized carbons (Fsp3) is 0.500. The molecule has 36 heavy (non-hydrogen) atoms. The van der Waals surface area contributed by atoms with Crippen LogP contribution in [-0.2, 0) is 63.8 Å². The minimum atomic E-state index is -1.46. The molecule has 0 saturated heterocycles. The molecule has 0 aliphatic heterocycles. The van der Waals surface area contributed by atoms with E-state index in [4.69, 9.17) is 23.7 Å². The lowest BCUT2D eigenvalue weighted by atomic mass is 10.2. The van der Waals surface area contributed by atoms with Crippen molar-refractivity contribution >= 4 is 35.8 Å². The van der Waals surface area contributed by atoms with Crippen molar-refractivity contribution in [2.24, 2.45) is 0 Å². The van der Waals surface area contributed by atoms with E-state index in [1.807, 2.05) is 6.07 Å². The molecule has 12 nitrogen and oxygen atoms in total. The van der Waals surface area contributed by atoms with E-state index in [-0.39, 0.29) is 6.61 Å². The molecule has 1 aromatic carbocycles. The van der Waals surface area contributed by atoms with Gasteiger partial charge in [0.15, 0.2) is 30.5 Å². The molecule has 0 N–H and O–H groups in total. The van der Waals surface area contributed by atoms with Gasteiger partial charge in [0.1, 0.15) is 6.61 Å². The smallest absolute Gasteiger partial charge is 0.347 e. The fourth-order valence-corrected chi connectivity index (χ4v) is 2.42. The van der Waals surface area contributed by atoms with Crippen LogP contribution in [0.3, 0.4) is 0 Å². The van der Waals surface area contributed by atoms with Crippen LogP contribution in [0.2, 0.25) is 0 Å². The van der Waals surface area contributed by atoms with Gasteiger partial charge < -0.3 is 28.4 Å². The predicted octanol–water partition coefficient (Wildman–Crippen LogP) is 1.41. The molecule has 0 radical (unpaired) electrons. The van der Waals surface area contributed by atoms with Crippen molar-refractivity contribution in [1.82, 2.24) is 0 Å². The molecule has 198 valence electrons. The Balaban J connectivity index is 2.47. The van der Waals surface area contributed by atoms with Crippen LogP contribution >= 0.6 is 0 Å². The highest BCUT2D eigenvalue weighted by molar-refractivity contribution is 5.86. The van der Waals surface area contributed by atoms with E-state index in [2.05, 4.69) is 4.74 Å². The average Bonchev–Trinajstić information content (AvgIpc) is 2.82. The summed E-state index contributed by atoms with van der Waals surface area (Å²) in [5, 5.41) is 0. The van der Waals surface area contributed by atoms with Crippen LogP contribution < -0.4 is 0 Å². The molecule has 0 spiro atoms. The summed E-state index contributed by atoms with van der Waals surface area (Å²) in [6.07, 6.45) is -6.82. The van der Waals surface area contributed by atoms with Gasteiger partial charge in [0.2, 0.25) is 0 Å². The van der Waals surface area contributed by atoms with Gasteiger partial charge in [-0.05, 0) is 40.2 Å². The summed E-state index contributed by atoms with van der Waals surface area (Å²) >= 11 is 0. The Bertz CT molecular complexity index is 942. The molecule has 12 heteroatoms. The van der Waals surface area contributed by atoms with Gasteiger partial charge in [0.05, 0.1) is 0 Å². The van der Waals surface area contributed by atoms with Crippen molar-refractivity contribution in [2.75, 3.05) is 0 Å². The largest absolute Gasteiger partial charge is 0.458 e. The average molecular weight is 510 g/mol. The fourth-order valence-electron chi connectivity index (χ4n) is 2.42. The number of carbonyl (C=O) groups excluding carboxylic acids is 6. The van der Waals surface area contributed by atoms with Gasteiger partial charge in [-0.1, -0.05) is 30.3 Å². The van der Waals surface area contributed by atoms with Crippen LogP contribution in [0.4, 0.5) is 0 Å². The zero-order valence-corrected chi connectivity index (χ0v) is 20.9. The SMILES string of the molecule is CC(=O)O[C@@H](C)C(=O)O[C@@H](C)C(=O)O[C@@H](C)C(=O)O[C@@H](C)C(=O)O[C@@H](C)C(=O)OCc1ccccc1. The number of hydrogen-bond donors (Lipinski definition) is 0. The second-order valence-electron chi connectivity index (χ2n) is 7.66. The molecule has 0 fully saturated rings. The second kappa shape index (κ2) is 14.4. The third-order valence-corrected chi connectivity index (χ3v) is 4.40. The lowest BCUT2D eigenvalue weighted by Gasteiger charge is -2.20. The Morgan fingerprint density at radius 3 is 1.25 bits per heavy atom. The molecule has 0 saturated carbocycles. The Morgan fingerprint density at radius 1 is 0.556 bits per heavy atom. The Hall–Kier alpha value is -3.96. The standard InChI is InChI=1S/C24H30O12/c1-13(20(26)31-12-19-10-8-7-9-11-19)33-22(28)15(3)35-24(30)17(5)36-23(29)16(4)34-21(27)14(2)32-18(6)25/h7-11,13-17H,12H2,1-6H3/t13-,14-,15-,16-,17-/m0/s1. The molecular formula is C24H30O12. The molecule has 0 heterocycles. The summed E-state index contributed by atoms with van der Waals surface area (Å²) in [6.45, 7) is 7.23. The Labute approximate surface area is 208 Å². The second-order valence-corrected chi connectivity index (χ2v) is 7.66. The van der Waals surface area contributed by atoms with E-state index in [1.165, 1.54) is 34.6 Å². The van der Waals surface area contributed by atoms with E-state index < -0.39 is 66.3 Å². The molecule has 0 aliphatic carbocycles. The molecule has 0 unspecified atom stereocenters. The maximum Gasteiger partial charge on any atom is 0.347 e.